The van der Waals surface area contributed by atoms with Crippen LogP contribution in [0.5, 0.6) is 0 Å². The summed E-state index contributed by atoms with van der Waals surface area (Å²) in [5.74, 6) is 6.07. The number of halogens is 1. The number of nitrogens with two attached hydrogens (primary N) is 1. The fourth-order valence-electron chi connectivity index (χ4n) is 1.25. The summed E-state index contributed by atoms with van der Waals surface area (Å²) in [6.07, 6.45) is 0.737. The standard InChI is InChI=1S/C12H14ClN/c1-9-7-11(5-3-4-6-14)8-10(2)12(9)13/h7-8H,4,6,14H2,1-2H3. The molecule has 14 heavy (non-hydrogen) atoms. The molecule has 0 atom stereocenters. The van der Waals surface area contributed by atoms with Crippen LogP contribution in [0.1, 0.15) is 23.1 Å². The Balaban J connectivity index is 2.97. The van der Waals surface area contributed by atoms with E-state index in [1.54, 1.807) is 0 Å². The summed E-state index contributed by atoms with van der Waals surface area (Å²) in [7, 11) is 0. The fraction of sp³-hybridized carbons (Fsp3) is 0.333. The molecule has 0 saturated heterocycles. The van der Waals surface area contributed by atoms with Gasteiger partial charge in [0.05, 0.1) is 0 Å². The SMILES string of the molecule is Cc1cc(C#CCCN)cc(C)c1Cl. The van der Waals surface area contributed by atoms with E-state index < -0.39 is 0 Å². The highest BCUT2D eigenvalue weighted by molar-refractivity contribution is 6.32. The number of aryl methyl sites for hydroxylation is 2. The van der Waals surface area contributed by atoms with Crippen molar-refractivity contribution in [2.75, 3.05) is 6.54 Å². The van der Waals surface area contributed by atoms with Crippen LogP contribution >= 0.6 is 11.6 Å². The first-order valence-electron chi connectivity index (χ1n) is 4.61. The zero-order valence-corrected chi connectivity index (χ0v) is 9.28. The normalized spacial score (nSPS) is 9.43. The lowest BCUT2D eigenvalue weighted by molar-refractivity contribution is 1.03. The molecule has 74 valence electrons. The highest BCUT2D eigenvalue weighted by Gasteiger charge is 2.00. The molecule has 0 bridgehead atoms. The third kappa shape index (κ3) is 2.77. The van der Waals surface area contributed by atoms with Crippen LogP contribution in [0.15, 0.2) is 12.1 Å². The topological polar surface area (TPSA) is 26.0 Å². The molecule has 1 nitrogen and oxygen atoms in total. The quantitative estimate of drug-likeness (QED) is 0.704. The second-order valence-electron chi connectivity index (χ2n) is 3.26. The van der Waals surface area contributed by atoms with Gasteiger partial charge in [-0.3, -0.25) is 0 Å². The van der Waals surface area contributed by atoms with Crippen molar-refractivity contribution in [1.29, 1.82) is 0 Å². The molecular weight excluding hydrogens is 194 g/mol. The average Bonchev–Trinajstić information content (AvgIpc) is 2.14. The van der Waals surface area contributed by atoms with E-state index in [1.165, 1.54) is 0 Å². The van der Waals surface area contributed by atoms with E-state index in [1.807, 2.05) is 26.0 Å². The van der Waals surface area contributed by atoms with Gasteiger partial charge in [-0.1, -0.05) is 23.4 Å². The van der Waals surface area contributed by atoms with Crippen molar-refractivity contribution in [3.8, 4) is 11.8 Å². The summed E-state index contributed by atoms with van der Waals surface area (Å²) >= 11 is 6.04. The Morgan fingerprint density at radius 1 is 1.29 bits per heavy atom. The zero-order valence-electron chi connectivity index (χ0n) is 8.52. The Morgan fingerprint density at radius 3 is 2.36 bits per heavy atom. The van der Waals surface area contributed by atoms with E-state index in [4.69, 9.17) is 17.3 Å². The summed E-state index contributed by atoms with van der Waals surface area (Å²) in [6.45, 7) is 4.59. The highest BCUT2D eigenvalue weighted by atomic mass is 35.5. The van der Waals surface area contributed by atoms with Crippen LogP contribution in [0.2, 0.25) is 5.02 Å². The van der Waals surface area contributed by atoms with Crippen molar-refractivity contribution in [1.82, 2.24) is 0 Å². The van der Waals surface area contributed by atoms with Gasteiger partial charge in [0.25, 0.3) is 0 Å². The summed E-state index contributed by atoms with van der Waals surface area (Å²) in [5, 5.41) is 0.828. The van der Waals surface area contributed by atoms with Crippen molar-refractivity contribution >= 4 is 11.6 Å². The Kier molecular flexibility index (Phi) is 4.00. The van der Waals surface area contributed by atoms with E-state index >= 15 is 0 Å². The van der Waals surface area contributed by atoms with Crippen LogP contribution in [-0.2, 0) is 0 Å². The van der Waals surface area contributed by atoms with Crippen molar-refractivity contribution in [3.05, 3.63) is 33.8 Å². The monoisotopic (exact) mass is 207 g/mol. The first kappa shape index (κ1) is 11.1. The molecule has 0 unspecified atom stereocenters. The predicted molar refractivity (Wildman–Crippen MR) is 61.5 cm³/mol. The van der Waals surface area contributed by atoms with E-state index in [0.29, 0.717) is 6.54 Å². The largest absolute Gasteiger partial charge is 0.330 e. The van der Waals surface area contributed by atoms with Gasteiger partial charge in [0.2, 0.25) is 0 Å². The maximum Gasteiger partial charge on any atom is 0.0465 e. The summed E-state index contributed by atoms with van der Waals surface area (Å²) in [4.78, 5) is 0. The first-order valence-corrected chi connectivity index (χ1v) is 4.98. The molecule has 0 aliphatic rings. The van der Waals surface area contributed by atoms with E-state index in [2.05, 4.69) is 11.8 Å². The predicted octanol–water partition coefficient (Wildman–Crippen LogP) is 2.66. The molecule has 0 radical (unpaired) electrons. The molecule has 2 heteroatoms. The van der Waals surface area contributed by atoms with Gasteiger partial charge in [-0.25, -0.2) is 0 Å². The Labute approximate surface area is 90.3 Å². The molecule has 0 aliphatic carbocycles. The van der Waals surface area contributed by atoms with Crippen molar-refractivity contribution in [2.24, 2.45) is 5.73 Å². The van der Waals surface area contributed by atoms with Gasteiger partial charge in [0.1, 0.15) is 0 Å². The molecule has 0 saturated carbocycles. The number of benzene rings is 1. The van der Waals surface area contributed by atoms with Crippen LogP contribution in [0.3, 0.4) is 0 Å². The third-order valence-corrected chi connectivity index (χ3v) is 2.53. The van der Waals surface area contributed by atoms with Crippen LogP contribution in [0.25, 0.3) is 0 Å². The van der Waals surface area contributed by atoms with Crippen LogP contribution < -0.4 is 5.73 Å². The Morgan fingerprint density at radius 2 is 1.86 bits per heavy atom. The minimum Gasteiger partial charge on any atom is -0.330 e. The molecule has 1 rings (SSSR count). The number of hydrogen-bond donors (Lipinski definition) is 1. The maximum absolute atomic E-state index is 6.04. The van der Waals surface area contributed by atoms with Gasteiger partial charge < -0.3 is 5.73 Å². The van der Waals surface area contributed by atoms with Gasteiger partial charge in [-0.2, -0.15) is 0 Å². The van der Waals surface area contributed by atoms with Crippen LogP contribution in [0.4, 0.5) is 0 Å². The van der Waals surface area contributed by atoms with Gasteiger partial charge in [-0.15, -0.1) is 0 Å². The third-order valence-electron chi connectivity index (χ3n) is 1.94. The van der Waals surface area contributed by atoms with E-state index in [9.17, 15) is 0 Å². The smallest absolute Gasteiger partial charge is 0.0465 e. The maximum atomic E-state index is 6.04. The van der Waals surface area contributed by atoms with E-state index in [0.717, 1.165) is 28.1 Å². The highest BCUT2D eigenvalue weighted by Crippen LogP contribution is 2.21. The lowest BCUT2D eigenvalue weighted by Crippen LogP contribution is -1.95. The fourth-order valence-corrected chi connectivity index (χ4v) is 1.36. The minimum absolute atomic E-state index is 0.610. The van der Waals surface area contributed by atoms with Crippen molar-refractivity contribution < 1.29 is 0 Å². The molecule has 0 aromatic heterocycles. The second kappa shape index (κ2) is 5.05. The van der Waals surface area contributed by atoms with Crippen LogP contribution in [-0.4, -0.2) is 6.54 Å². The lowest BCUT2D eigenvalue weighted by atomic mass is 10.1. The van der Waals surface area contributed by atoms with Crippen molar-refractivity contribution in [3.63, 3.8) is 0 Å². The molecule has 2 N–H and O–H groups in total. The van der Waals surface area contributed by atoms with Gasteiger partial charge in [0.15, 0.2) is 0 Å². The van der Waals surface area contributed by atoms with E-state index in [-0.39, 0.29) is 0 Å². The van der Waals surface area contributed by atoms with Gasteiger partial charge in [0, 0.05) is 23.6 Å². The first-order chi connectivity index (χ1) is 6.65. The second-order valence-corrected chi connectivity index (χ2v) is 3.64. The van der Waals surface area contributed by atoms with Gasteiger partial charge in [-0.05, 0) is 37.1 Å². The van der Waals surface area contributed by atoms with Gasteiger partial charge >= 0.3 is 0 Å². The molecule has 0 aliphatic heterocycles. The number of hydrogen-bond acceptors (Lipinski definition) is 1. The van der Waals surface area contributed by atoms with Crippen molar-refractivity contribution in [2.45, 2.75) is 20.3 Å². The average molecular weight is 208 g/mol. The van der Waals surface area contributed by atoms with Crippen LogP contribution in [0, 0.1) is 25.7 Å². The summed E-state index contributed by atoms with van der Waals surface area (Å²) < 4.78 is 0. The molecular formula is C12H14ClN. The molecule has 0 spiro atoms. The minimum atomic E-state index is 0.610. The number of rotatable bonds is 1. The molecule has 0 heterocycles. The molecule has 1 aromatic rings. The summed E-state index contributed by atoms with van der Waals surface area (Å²) in [6, 6.07) is 4.00. The Hall–Kier alpha value is -0.970. The lowest BCUT2D eigenvalue weighted by Gasteiger charge is -2.02. The zero-order chi connectivity index (χ0) is 10.6. The molecule has 0 fully saturated rings. The Bertz CT molecular complexity index is 362. The molecule has 0 amide bonds. The summed E-state index contributed by atoms with van der Waals surface area (Å²) in [5.41, 5.74) is 8.51. The molecule has 1 aromatic carbocycles.